The Bertz CT molecular complexity index is 727. The molecule has 0 radical (unpaired) electrons. The van der Waals surface area contributed by atoms with Gasteiger partial charge in [0.15, 0.2) is 5.41 Å². The van der Waals surface area contributed by atoms with Crippen molar-refractivity contribution in [3.63, 3.8) is 0 Å². The summed E-state index contributed by atoms with van der Waals surface area (Å²) in [6, 6.07) is 0. The van der Waals surface area contributed by atoms with E-state index in [0.29, 0.717) is 12.3 Å². The van der Waals surface area contributed by atoms with Crippen molar-refractivity contribution in [1.29, 1.82) is 0 Å². The molecule has 1 unspecified atom stereocenters. The molecule has 0 aliphatic carbocycles. The number of hydrogen-bond acceptors (Lipinski definition) is 3. The van der Waals surface area contributed by atoms with E-state index in [1.165, 1.54) is 0 Å². The lowest BCUT2D eigenvalue weighted by Gasteiger charge is -2.27. The first-order valence-corrected chi connectivity index (χ1v) is 9.00. The first kappa shape index (κ1) is 21.2. The zero-order valence-electron chi connectivity index (χ0n) is 16.1. The number of carboxylic acid groups (broad SMARTS) is 1. The lowest BCUT2D eigenvalue weighted by Crippen LogP contribution is -2.47. The van der Waals surface area contributed by atoms with Crippen LogP contribution in [0.15, 0.2) is 0 Å². The van der Waals surface area contributed by atoms with Crippen molar-refractivity contribution >= 4 is 11.9 Å². The third-order valence-corrected chi connectivity index (χ3v) is 5.23. The van der Waals surface area contributed by atoms with E-state index < -0.39 is 36.4 Å². The molecule has 1 saturated heterocycles. The normalized spacial score (nSPS) is 20.5. The molecule has 0 saturated carbocycles. The number of amides is 1. The molecule has 1 aliphatic heterocycles. The Hall–Kier alpha value is -2.06. The van der Waals surface area contributed by atoms with E-state index in [4.69, 9.17) is 5.11 Å². The molecule has 1 aliphatic rings. The number of carbonyl (C=O) groups is 2. The summed E-state index contributed by atoms with van der Waals surface area (Å²) in [6.07, 6.45) is -5.10. The summed E-state index contributed by atoms with van der Waals surface area (Å²) < 4.78 is 41.6. The van der Waals surface area contributed by atoms with Gasteiger partial charge >= 0.3 is 12.1 Å². The van der Waals surface area contributed by atoms with Gasteiger partial charge in [-0.2, -0.15) is 18.3 Å². The number of nitrogens with zero attached hydrogens (tertiary/aromatic N) is 3. The standard InChI is InChI=1S/C18H26F3N3O3/c1-11(2)9-24-13(4)14(12(3)22-24)5-6-15(25)23-8-7-17(10-23,16(26)27)18(19,20)21/h11H,5-10H2,1-4H3,(H,26,27). The third kappa shape index (κ3) is 4.11. The topological polar surface area (TPSA) is 75.4 Å². The van der Waals surface area contributed by atoms with E-state index >= 15 is 0 Å². The molecule has 1 aromatic rings. The molecule has 27 heavy (non-hydrogen) atoms. The molecule has 1 fully saturated rings. The fraction of sp³-hybridized carbons (Fsp3) is 0.722. The number of carboxylic acids is 1. The van der Waals surface area contributed by atoms with Gasteiger partial charge in [0.2, 0.25) is 5.91 Å². The fourth-order valence-corrected chi connectivity index (χ4v) is 3.56. The van der Waals surface area contributed by atoms with E-state index in [1.807, 2.05) is 18.5 Å². The molecule has 2 heterocycles. The largest absolute Gasteiger partial charge is 0.481 e. The number of likely N-dealkylation sites (tertiary alicyclic amines) is 1. The Morgan fingerprint density at radius 3 is 2.41 bits per heavy atom. The smallest absolute Gasteiger partial charge is 0.406 e. The minimum Gasteiger partial charge on any atom is -0.481 e. The second kappa shape index (κ2) is 7.52. The first-order valence-electron chi connectivity index (χ1n) is 9.00. The van der Waals surface area contributed by atoms with Crippen LogP contribution in [0, 0.1) is 25.2 Å². The zero-order chi connectivity index (χ0) is 20.6. The molecule has 152 valence electrons. The Morgan fingerprint density at radius 2 is 1.93 bits per heavy atom. The minimum absolute atomic E-state index is 0.0304. The van der Waals surface area contributed by atoms with Crippen LogP contribution in [-0.4, -0.2) is 50.9 Å². The summed E-state index contributed by atoms with van der Waals surface area (Å²) in [7, 11) is 0. The molecule has 6 nitrogen and oxygen atoms in total. The number of carbonyl (C=O) groups excluding carboxylic acids is 1. The number of halogens is 3. The predicted molar refractivity (Wildman–Crippen MR) is 92.2 cm³/mol. The van der Waals surface area contributed by atoms with E-state index in [-0.39, 0.29) is 13.0 Å². The third-order valence-electron chi connectivity index (χ3n) is 5.23. The lowest BCUT2D eigenvalue weighted by atomic mass is 9.86. The van der Waals surface area contributed by atoms with Crippen LogP contribution >= 0.6 is 0 Å². The molecule has 1 atom stereocenters. The molecule has 9 heteroatoms. The van der Waals surface area contributed by atoms with Crippen molar-refractivity contribution in [2.75, 3.05) is 13.1 Å². The van der Waals surface area contributed by atoms with Gasteiger partial charge in [-0.25, -0.2) is 0 Å². The number of alkyl halides is 3. The number of aromatic nitrogens is 2. The van der Waals surface area contributed by atoms with Crippen molar-refractivity contribution in [2.45, 2.75) is 59.7 Å². The summed E-state index contributed by atoms with van der Waals surface area (Å²) in [4.78, 5) is 24.6. The molecular formula is C18H26F3N3O3. The van der Waals surface area contributed by atoms with Crippen molar-refractivity contribution < 1.29 is 27.9 Å². The zero-order valence-corrected chi connectivity index (χ0v) is 16.1. The van der Waals surface area contributed by atoms with Crippen LogP contribution in [0.5, 0.6) is 0 Å². The average Bonchev–Trinajstić information content (AvgIpc) is 3.09. The van der Waals surface area contributed by atoms with Crippen LogP contribution < -0.4 is 0 Å². The molecule has 0 aromatic carbocycles. The summed E-state index contributed by atoms with van der Waals surface area (Å²) in [5.74, 6) is -1.97. The Morgan fingerprint density at radius 1 is 1.30 bits per heavy atom. The number of aliphatic carboxylic acids is 1. The quantitative estimate of drug-likeness (QED) is 0.812. The highest BCUT2D eigenvalue weighted by Gasteiger charge is 2.64. The van der Waals surface area contributed by atoms with Crippen molar-refractivity contribution in [1.82, 2.24) is 14.7 Å². The second-order valence-corrected chi connectivity index (χ2v) is 7.68. The predicted octanol–water partition coefficient (Wildman–Crippen LogP) is 2.95. The van der Waals surface area contributed by atoms with Gasteiger partial charge in [0.1, 0.15) is 0 Å². The van der Waals surface area contributed by atoms with Crippen LogP contribution in [0.3, 0.4) is 0 Å². The Labute approximate surface area is 156 Å². The maximum atomic E-state index is 13.2. The average molecular weight is 389 g/mol. The van der Waals surface area contributed by atoms with Gasteiger partial charge in [0.05, 0.1) is 5.69 Å². The van der Waals surface area contributed by atoms with Crippen LogP contribution in [0.4, 0.5) is 13.2 Å². The SMILES string of the molecule is Cc1nn(CC(C)C)c(C)c1CCC(=O)N1CCC(C(=O)O)(C(F)(F)F)C1. The molecule has 1 aromatic heterocycles. The fourth-order valence-electron chi connectivity index (χ4n) is 3.56. The van der Waals surface area contributed by atoms with Gasteiger partial charge in [-0.15, -0.1) is 0 Å². The van der Waals surface area contributed by atoms with Crippen LogP contribution in [0.2, 0.25) is 0 Å². The second-order valence-electron chi connectivity index (χ2n) is 7.68. The van der Waals surface area contributed by atoms with Crippen LogP contribution in [-0.2, 0) is 22.6 Å². The number of aryl methyl sites for hydroxylation is 1. The van der Waals surface area contributed by atoms with Crippen molar-refractivity contribution in [2.24, 2.45) is 11.3 Å². The van der Waals surface area contributed by atoms with Crippen LogP contribution in [0.1, 0.15) is 43.6 Å². The van der Waals surface area contributed by atoms with Crippen LogP contribution in [0.25, 0.3) is 0 Å². The molecule has 0 bridgehead atoms. The van der Waals surface area contributed by atoms with E-state index in [1.54, 1.807) is 0 Å². The van der Waals surface area contributed by atoms with Crippen molar-refractivity contribution in [3.8, 4) is 0 Å². The molecule has 0 spiro atoms. The van der Waals surface area contributed by atoms with Gasteiger partial charge in [-0.05, 0) is 38.2 Å². The Balaban J connectivity index is 2.05. The van der Waals surface area contributed by atoms with Gasteiger partial charge in [-0.1, -0.05) is 13.8 Å². The number of rotatable bonds is 6. The molecule has 2 rings (SSSR count). The highest BCUT2D eigenvalue weighted by Crippen LogP contribution is 2.45. The summed E-state index contributed by atoms with van der Waals surface area (Å²) in [5.41, 5.74) is -0.192. The maximum Gasteiger partial charge on any atom is 0.406 e. The molecule has 1 N–H and O–H groups in total. The minimum atomic E-state index is -4.89. The highest BCUT2D eigenvalue weighted by atomic mass is 19.4. The summed E-state index contributed by atoms with van der Waals surface area (Å²) in [6.45, 7) is 7.63. The lowest BCUT2D eigenvalue weighted by molar-refractivity contribution is -0.227. The summed E-state index contributed by atoms with van der Waals surface area (Å²) >= 11 is 0. The summed E-state index contributed by atoms with van der Waals surface area (Å²) in [5, 5.41) is 13.6. The van der Waals surface area contributed by atoms with Crippen molar-refractivity contribution in [3.05, 3.63) is 17.0 Å². The van der Waals surface area contributed by atoms with Gasteiger partial charge in [0.25, 0.3) is 0 Å². The Kier molecular flexibility index (Phi) is 5.91. The van der Waals surface area contributed by atoms with Gasteiger partial charge in [0, 0.05) is 31.7 Å². The van der Waals surface area contributed by atoms with Gasteiger partial charge < -0.3 is 10.0 Å². The van der Waals surface area contributed by atoms with E-state index in [0.717, 1.165) is 28.4 Å². The maximum absolute atomic E-state index is 13.2. The number of hydrogen-bond donors (Lipinski definition) is 1. The van der Waals surface area contributed by atoms with Gasteiger partial charge in [-0.3, -0.25) is 14.3 Å². The highest BCUT2D eigenvalue weighted by molar-refractivity contribution is 5.81. The monoisotopic (exact) mass is 389 g/mol. The van der Waals surface area contributed by atoms with E-state index in [2.05, 4.69) is 18.9 Å². The molecule has 1 amide bonds. The van der Waals surface area contributed by atoms with E-state index in [9.17, 15) is 22.8 Å². The molecular weight excluding hydrogens is 363 g/mol. The first-order chi connectivity index (χ1) is 12.4.